The number of amides is 4. The molecule has 2 fully saturated rings. The molecule has 0 aromatic heterocycles. The lowest BCUT2D eigenvalue weighted by Gasteiger charge is -2.33. The van der Waals surface area contributed by atoms with Crippen molar-refractivity contribution in [2.45, 2.75) is 49.5 Å². The molecule has 0 radical (unpaired) electrons. The molecule has 9 nitrogen and oxygen atoms in total. The van der Waals surface area contributed by atoms with Gasteiger partial charge in [-0.1, -0.05) is 31.2 Å². The maximum Gasteiger partial charge on any atom is 0.344 e. The van der Waals surface area contributed by atoms with Crippen LogP contribution in [0, 0.1) is 5.92 Å². The third kappa shape index (κ3) is 3.62. The second-order valence-corrected chi connectivity index (χ2v) is 11.1. The summed E-state index contributed by atoms with van der Waals surface area (Å²) in [5.41, 5.74) is 3.00. The molecule has 2 heterocycles. The molecular weight excluding hydrogens is 456 g/mol. The molecule has 1 saturated carbocycles. The quantitative estimate of drug-likeness (QED) is 0.650. The molecule has 34 heavy (non-hydrogen) atoms. The lowest BCUT2D eigenvalue weighted by Crippen LogP contribution is -2.51. The molecule has 5 rings (SSSR count). The second-order valence-electron chi connectivity index (χ2n) is 9.26. The maximum atomic E-state index is 13.3. The minimum Gasteiger partial charge on any atom is -0.322 e. The van der Waals surface area contributed by atoms with Crippen LogP contribution < -0.4 is 15.0 Å². The summed E-state index contributed by atoms with van der Waals surface area (Å²) < 4.78 is 28.0. The van der Waals surface area contributed by atoms with Crippen LogP contribution in [0.3, 0.4) is 0 Å². The molecule has 1 spiro atoms. The van der Waals surface area contributed by atoms with Crippen molar-refractivity contribution in [1.29, 1.82) is 0 Å². The number of sulfonamides is 1. The Bertz CT molecular complexity index is 1280. The normalized spacial score (nSPS) is 24.3. The Labute approximate surface area is 198 Å². The van der Waals surface area contributed by atoms with E-state index in [9.17, 15) is 22.8 Å². The summed E-state index contributed by atoms with van der Waals surface area (Å²) in [6.45, 7) is 2.43. The zero-order chi connectivity index (χ0) is 24.1. The Hall–Kier alpha value is -3.40. The number of hydrogen-bond donors (Lipinski definition) is 2. The van der Waals surface area contributed by atoms with Gasteiger partial charge in [-0.3, -0.25) is 19.3 Å². The van der Waals surface area contributed by atoms with Gasteiger partial charge in [0.2, 0.25) is 0 Å². The first-order valence-corrected chi connectivity index (χ1v) is 12.8. The van der Waals surface area contributed by atoms with Gasteiger partial charge in [0.15, 0.2) is 0 Å². The molecule has 10 heteroatoms. The predicted molar refractivity (Wildman–Crippen MR) is 124 cm³/mol. The molecular formula is C24H26N4O5S. The molecule has 4 amide bonds. The summed E-state index contributed by atoms with van der Waals surface area (Å²) in [6.07, 6.45) is 3.29. The Morgan fingerprint density at radius 1 is 1.09 bits per heavy atom. The van der Waals surface area contributed by atoms with Crippen LogP contribution in [-0.2, 0) is 21.2 Å². The number of nitrogens with zero attached hydrogens (tertiary/aromatic N) is 2. The topological polar surface area (TPSA) is 116 Å². The fourth-order valence-corrected chi connectivity index (χ4v) is 6.51. The number of hydrazine groups is 1. The van der Waals surface area contributed by atoms with Crippen molar-refractivity contribution in [3.8, 4) is 0 Å². The molecule has 2 aromatic carbocycles. The van der Waals surface area contributed by atoms with Crippen molar-refractivity contribution in [3.63, 3.8) is 0 Å². The van der Waals surface area contributed by atoms with Crippen molar-refractivity contribution >= 4 is 33.6 Å². The highest BCUT2D eigenvalue weighted by Crippen LogP contribution is 2.36. The SMILES string of the molecule is CC1CCC2(CC1)NC(=O)N(NC(=O)c1cccc(S(=O)(=O)N3CCc4ccccc43)c1)C2=O. The molecule has 2 N–H and O–H groups in total. The average Bonchev–Trinajstić information content (AvgIpc) is 3.37. The zero-order valence-corrected chi connectivity index (χ0v) is 19.6. The highest BCUT2D eigenvalue weighted by molar-refractivity contribution is 7.92. The average molecular weight is 483 g/mol. The molecule has 0 unspecified atom stereocenters. The minimum atomic E-state index is -3.89. The molecule has 2 aromatic rings. The summed E-state index contributed by atoms with van der Waals surface area (Å²) >= 11 is 0. The van der Waals surface area contributed by atoms with E-state index in [1.807, 2.05) is 12.1 Å². The highest BCUT2D eigenvalue weighted by Gasteiger charge is 2.53. The number of nitrogens with one attached hydrogen (secondary N) is 2. The van der Waals surface area contributed by atoms with Gasteiger partial charge in [0.05, 0.1) is 10.6 Å². The Kier molecular flexibility index (Phi) is 5.35. The van der Waals surface area contributed by atoms with Gasteiger partial charge in [-0.2, -0.15) is 5.01 Å². The largest absolute Gasteiger partial charge is 0.344 e. The van der Waals surface area contributed by atoms with Crippen molar-refractivity contribution in [2.24, 2.45) is 5.92 Å². The number of urea groups is 1. The third-order valence-electron chi connectivity index (χ3n) is 7.03. The van der Waals surface area contributed by atoms with Crippen LogP contribution in [0.25, 0.3) is 0 Å². The summed E-state index contributed by atoms with van der Waals surface area (Å²) in [4.78, 5) is 38.4. The van der Waals surface area contributed by atoms with E-state index in [0.29, 0.717) is 37.4 Å². The van der Waals surface area contributed by atoms with Crippen LogP contribution in [0.4, 0.5) is 10.5 Å². The number of hydrogen-bond acceptors (Lipinski definition) is 5. The molecule has 2 aliphatic heterocycles. The monoisotopic (exact) mass is 482 g/mol. The first-order valence-electron chi connectivity index (χ1n) is 11.4. The van der Waals surface area contributed by atoms with E-state index >= 15 is 0 Å². The number of para-hydroxylation sites is 1. The van der Waals surface area contributed by atoms with E-state index in [-0.39, 0.29) is 10.5 Å². The molecule has 1 aliphatic carbocycles. The van der Waals surface area contributed by atoms with Gasteiger partial charge in [-0.15, -0.1) is 0 Å². The molecule has 1 saturated heterocycles. The lowest BCUT2D eigenvalue weighted by atomic mass is 9.77. The van der Waals surface area contributed by atoms with Crippen LogP contribution in [0.1, 0.15) is 48.5 Å². The van der Waals surface area contributed by atoms with Gasteiger partial charge in [-0.25, -0.2) is 13.2 Å². The van der Waals surface area contributed by atoms with Gasteiger partial charge >= 0.3 is 6.03 Å². The van der Waals surface area contributed by atoms with Gasteiger partial charge in [-0.05, 0) is 67.9 Å². The zero-order valence-electron chi connectivity index (χ0n) is 18.8. The van der Waals surface area contributed by atoms with E-state index in [1.165, 1.54) is 28.6 Å². The van der Waals surface area contributed by atoms with Crippen molar-refractivity contribution in [2.75, 3.05) is 10.8 Å². The van der Waals surface area contributed by atoms with Crippen LogP contribution in [0.15, 0.2) is 53.4 Å². The summed E-state index contributed by atoms with van der Waals surface area (Å²) in [6, 6.07) is 12.2. The fraction of sp³-hybridized carbons (Fsp3) is 0.375. The number of carbonyl (C=O) groups is 3. The van der Waals surface area contributed by atoms with Crippen LogP contribution in [0.2, 0.25) is 0 Å². The van der Waals surface area contributed by atoms with Gasteiger partial charge in [0.25, 0.3) is 21.8 Å². The minimum absolute atomic E-state index is 0.0346. The number of anilines is 1. The Morgan fingerprint density at radius 2 is 1.82 bits per heavy atom. The lowest BCUT2D eigenvalue weighted by molar-refractivity contribution is -0.134. The first kappa shape index (κ1) is 22.4. The van der Waals surface area contributed by atoms with Crippen molar-refractivity contribution in [3.05, 3.63) is 59.7 Å². The summed E-state index contributed by atoms with van der Waals surface area (Å²) in [7, 11) is -3.89. The van der Waals surface area contributed by atoms with E-state index in [4.69, 9.17) is 0 Å². The first-order chi connectivity index (χ1) is 16.2. The molecule has 3 aliphatic rings. The smallest absolute Gasteiger partial charge is 0.322 e. The summed E-state index contributed by atoms with van der Waals surface area (Å²) in [5, 5.41) is 3.47. The molecule has 178 valence electrons. The number of benzene rings is 2. The van der Waals surface area contributed by atoms with Crippen molar-refractivity contribution < 1.29 is 22.8 Å². The number of carbonyl (C=O) groups excluding carboxylic acids is 3. The fourth-order valence-electron chi connectivity index (χ4n) is 4.96. The van der Waals surface area contributed by atoms with Crippen molar-refractivity contribution in [1.82, 2.24) is 15.8 Å². The van der Waals surface area contributed by atoms with E-state index in [1.54, 1.807) is 12.1 Å². The number of fused-ring (bicyclic) bond motifs is 1. The maximum absolute atomic E-state index is 13.3. The highest BCUT2D eigenvalue weighted by atomic mass is 32.2. The Balaban J connectivity index is 1.35. The van der Waals surface area contributed by atoms with Gasteiger partial charge in [0, 0.05) is 12.1 Å². The summed E-state index contributed by atoms with van der Waals surface area (Å²) in [5.74, 6) is -0.731. The number of rotatable bonds is 4. The van der Waals surface area contributed by atoms with Crippen LogP contribution in [-0.4, -0.2) is 43.4 Å². The van der Waals surface area contributed by atoms with Gasteiger partial charge in [0.1, 0.15) is 5.54 Å². The standard InChI is InChI=1S/C24H26N4O5S/c1-16-9-12-24(13-10-16)22(30)28(23(31)25-24)26-21(29)18-6-4-7-19(15-18)34(32,33)27-14-11-17-5-2-3-8-20(17)27/h2-8,15-16H,9-14H2,1H3,(H,25,31)(H,26,29). The molecule has 0 atom stereocenters. The number of imide groups is 1. The van der Waals surface area contributed by atoms with E-state index in [0.717, 1.165) is 23.4 Å². The van der Waals surface area contributed by atoms with Crippen LogP contribution >= 0.6 is 0 Å². The van der Waals surface area contributed by atoms with Gasteiger partial charge < -0.3 is 5.32 Å². The van der Waals surface area contributed by atoms with E-state index < -0.39 is 33.4 Å². The second kappa shape index (κ2) is 8.12. The van der Waals surface area contributed by atoms with E-state index in [2.05, 4.69) is 17.7 Å². The molecule has 0 bridgehead atoms. The Morgan fingerprint density at radius 3 is 2.59 bits per heavy atom. The predicted octanol–water partition coefficient (Wildman–Crippen LogP) is 2.58. The van der Waals surface area contributed by atoms with Crippen LogP contribution in [0.5, 0.6) is 0 Å². The third-order valence-corrected chi connectivity index (χ3v) is 8.84.